The third-order valence-corrected chi connectivity index (χ3v) is 5.80. The predicted molar refractivity (Wildman–Crippen MR) is 110 cm³/mol. The van der Waals surface area contributed by atoms with Gasteiger partial charge in [0.05, 0.1) is 21.7 Å². The molecule has 1 aliphatic heterocycles. The summed E-state index contributed by atoms with van der Waals surface area (Å²) in [4.78, 5) is 19.6. The molecule has 2 heterocycles. The molecule has 152 valence electrons. The molecule has 1 saturated heterocycles. The Morgan fingerprint density at radius 1 is 1.21 bits per heavy atom. The van der Waals surface area contributed by atoms with Crippen molar-refractivity contribution in [1.29, 1.82) is 5.26 Å². The minimum absolute atomic E-state index is 0.0946. The van der Waals surface area contributed by atoms with E-state index in [-0.39, 0.29) is 10.5 Å². The first-order chi connectivity index (χ1) is 13.8. The number of nitriles is 1. The number of benzene rings is 1. The number of sulfonamides is 1. The third-order valence-electron chi connectivity index (χ3n) is 4.88. The highest BCUT2D eigenvalue weighted by atomic mass is 32.2. The van der Waals surface area contributed by atoms with Gasteiger partial charge in [-0.25, -0.2) is 18.5 Å². The van der Waals surface area contributed by atoms with Gasteiger partial charge in [-0.15, -0.1) is 0 Å². The summed E-state index contributed by atoms with van der Waals surface area (Å²) in [5.74, 6) is 0.0864. The number of pyridine rings is 1. The number of hydrogen-bond acceptors (Lipinski definition) is 6. The molecule has 0 bridgehead atoms. The van der Waals surface area contributed by atoms with Crippen molar-refractivity contribution < 1.29 is 13.2 Å². The van der Waals surface area contributed by atoms with E-state index in [0.29, 0.717) is 22.8 Å². The zero-order valence-corrected chi connectivity index (χ0v) is 17.0. The monoisotopic (exact) mass is 413 g/mol. The molecule has 0 saturated carbocycles. The summed E-state index contributed by atoms with van der Waals surface area (Å²) in [6, 6.07) is 9.34. The van der Waals surface area contributed by atoms with Crippen LogP contribution in [0.25, 0.3) is 0 Å². The molecule has 1 aliphatic rings. The van der Waals surface area contributed by atoms with Gasteiger partial charge in [-0.2, -0.15) is 5.26 Å². The third kappa shape index (κ3) is 4.91. The molecule has 0 atom stereocenters. The van der Waals surface area contributed by atoms with Gasteiger partial charge in [-0.05, 0) is 44.0 Å². The van der Waals surface area contributed by atoms with Crippen LogP contribution in [0.4, 0.5) is 11.5 Å². The Morgan fingerprint density at radius 2 is 1.90 bits per heavy atom. The number of amides is 1. The Bertz CT molecular complexity index is 1070. The van der Waals surface area contributed by atoms with E-state index in [1.165, 1.54) is 18.2 Å². The lowest BCUT2D eigenvalue weighted by atomic mass is 10.1. The number of aryl methyl sites for hydroxylation is 1. The number of anilines is 2. The number of nitrogens with zero attached hydrogens (tertiary/aromatic N) is 3. The van der Waals surface area contributed by atoms with Crippen LogP contribution in [-0.2, 0) is 10.0 Å². The zero-order valence-electron chi connectivity index (χ0n) is 16.2. The van der Waals surface area contributed by atoms with Crippen molar-refractivity contribution in [3.63, 3.8) is 0 Å². The molecule has 9 heteroatoms. The Morgan fingerprint density at radius 3 is 2.52 bits per heavy atom. The molecule has 2 aromatic rings. The maximum Gasteiger partial charge on any atom is 0.259 e. The second-order valence-electron chi connectivity index (χ2n) is 7.03. The molecule has 0 radical (unpaired) electrons. The highest BCUT2D eigenvalue weighted by molar-refractivity contribution is 7.89. The van der Waals surface area contributed by atoms with Crippen molar-refractivity contribution in [2.75, 3.05) is 23.3 Å². The second kappa shape index (κ2) is 8.59. The van der Waals surface area contributed by atoms with Crippen LogP contribution in [0.2, 0.25) is 0 Å². The average Bonchev–Trinajstić information content (AvgIpc) is 2.96. The van der Waals surface area contributed by atoms with Crippen molar-refractivity contribution in [3.05, 3.63) is 47.2 Å². The van der Waals surface area contributed by atoms with E-state index in [2.05, 4.69) is 21.3 Å². The Labute approximate surface area is 170 Å². The first-order valence-electron chi connectivity index (χ1n) is 9.40. The van der Waals surface area contributed by atoms with Gasteiger partial charge in [0.15, 0.2) is 0 Å². The Hall–Kier alpha value is -2.96. The van der Waals surface area contributed by atoms with E-state index >= 15 is 0 Å². The number of hydrogen-bond donors (Lipinski definition) is 2. The molecule has 0 spiro atoms. The highest BCUT2D eigenvalue weighted by Gasteiger charge is 2.22. The fourth-order valence-corrected chi connectivity index (χ4v) is 3.91. The van der Waals surface area contributed by atoms with Crippen molar-refractivity contribution in [3.8, 4) is 6.07 Å². The minimum Gasteiger partial charge on any atom is -0.356 e. The lowest BCUT2D eigenvalue weighted by Crippen LogP contribution is -2.28. The van der Waals surface area contributed by atoms with Crippen LogP contribution in [0, 0.1) is 18.3 Å². The van der Waals surface area contributed by atoms with Crippen LogP contribution in [0.1, 0.15) is 47.3 Å². The van der Waals surface area contributed by atoms with Gasteiger partial charge < -0.3 is 10.2 Å². The van der Waals surface area contributed by atoms with Crippen LogP contribution in [0.3, 0.4) is 0 Å². The van der Waals surface area contributed by atoms with Crippen LogP contribution in [0.5, 0.6) is 0 Å². The number of primary sulfonamides is 1. The molecular weight excluding hydrogens is 390 g/mol. The second-order valence-corrected chi connectivity index (χ2v) is 8.59. The molecule has 3 N–H and O–H groups in total. The quantitative estimate of drug-likeness (QED) is 0.792. The summed E-state index contributed by atoms with van der Waals surface area (Å²) in [7, 11) is -3.89. The molecule has 29 heavy (non-hydrogen) atoms. The van der Waals surface area contributed by atoms with E-state index in [4.69, 9.17) is 5.14 Å². The Kier molecular flexibility index (Phi) is 6.15. The maximum atomic E-state index is 13.0. The summed E-state index contributed by atoms with van der Waals surface area (Å²) >= 11 is 0. The summed E-state index contributed by atoms with van der Waals surface area (Å²) in [6.45, 7) is 3.33. The lowest BCUT2D eigenvalue weighted by Gasteiger charge is -2.24. The lowest BCUT2D eigenvalue weighted by molar-refractivity contribution is 0.102. The fraction of sp³-hybridized carbons (Fsp3) is 0.350. The molecule has 3 rings (SSSR count). The zero-order chi connectivity index (χ0) is 21.0. The molecule has 8 nitrogen and oxygen atoms in total. The minimum atomic E-state index is -3.89. The van der Waals surface area contributed by atoms with Crippen LogP contribution in [0.15, 0.2) is 35.2 Å². The van der Waals surface area contributed by atoms with Crippen LogP contribution < -0.4 is 15.4 Å². The SMILES string of the molecule is Cc1nc(N2CCCCCC2)c(C(=O)Nc2cccc(S(N)(=O)=O)c2)cc1C#N. The molecule has 1 fully saturated rings. The van der Waals surface area contributed by atoms with Gasteiger partial charge in [-0.1, -0.05) is 18.9 Å². The van der Waals surface area contributed by atoms with Crippen LogP contribution >= 0.6 is 0 Å². The van der Waals surface area contributed by atoms with Gasteiger partial charge in [-0.3, -0.25) is 4.79 Å². The van der Waals surface area contributed by atoms with E-state index in [0.717, 1.165) is 38.8 Å². The number of rotatable bonds is 4. The number of carbonyl (C=O) groups is 1. The molecule has 1 amide bonds. The summed E-state index contributed by atoms with van der Waals surface area (Å²) in [6.07, 6.45) is 4.29. The number of nitrogens with one attached hydrogen (secondary N) is 1. The van der Waals surface area contributed by atoms with Crippen molar-refractivity contribution in [2.45, 2.75) is 37.5 Å². The summed E-state index contributed by atoms with van der Waals surface area (Å²) in [5, 5.41) is 17.2. The van der Waals surface area contributed by atoms with Gasteiger partial charge in [0.25, 0.3) is 5.91 Å². The molecular formula is C20H23N5O3S. The summed E-state index contributed by atoms with van der Waals surface area (Å²) in [5.41, 5.74) is 1.48. The molecule has 0 aliphatic carbocycles. The Balaban J connectivity index is 1.98. The van der Waals surface area contributed by atoms with Crippen LogP contribution in [-0.4, -0.2) is 32.4 Å². The number of aromatic nitrogens is 1. The topological polar surface area (TPSA) is 129 Å². The molecule has 1 aromatic heterocycles. The average molecular weight is 414 g/mol. The standard InChI is InChI=1S/C20H23N5O3S/c1-14-15(13-21)11-18(19(23-14)25-9-4-2-3-5-10-25)20(26)24-16-7-6-8-17(12-16)29(22,27)28/h6-8,11-12H,2-5,9-10H2,1H3,(H,24,26)(H2,22,27,28). The van der Waals surface area contributed by atoms with Gasteiger partial charge in [0.1, 0.15) is 11.9 Å². The number of carbonyl (C=O) groups excluding carboxylic acids is 1. The highest BCUT2D eigenvalue weighted by Crippen LogP contribution is 2.25. The molecule has 1 aromatic carbocycles. The fourth-order valence-electron chi connectivity index (χ4n) is 3.35. The van der Waals surface area contributed by atoms with E-state index in [1.807, 2.05) is 0 Å². The van der Waals surface area contributed by atoms with Crippen molar-refractivity contribution >= 4 is 27.4 Å². The van der Waals surface area contributed by atoms with E-state index < -0.39 is 15.9 Å². The predicted octanol–water partition coefficient (Wildman–Crippen LogP) is 2.54. The summed E-state index contributed by atoms with van der Waals surface area (Å²) < 4.78 is 23.1. The first kappa shape index (κ1) is 20.8. The smallest absolute Gasteiger partial charge is 0.259 e. The van der Waals surface area contributed by atoms with Gasteiger partial charge >= 0.3 is 0 Å². The first-order valence-corrected chi connectivity index (χ1v) is 10.9. The largest absolute Gasteiger partial charge is 0.356 e. The van der Waals surface area contributed by atoms with Gasteiger partial charge in [0, 0.05) is 18.8 Å². The maximum absolute atomic E-state index is 13.0. The van der Waals surface area contributed by atoms with E-state index in [9.17, 15) is 18.5 Å². The number of nitrogens with two attached hydrogens (primary N) is 1. The molecule has 0 unspecified atom stereocenters. The van der Waals surface area contributed by atoms with E-state index in [1.54, 1.807) is 19.1 Å². The normalized spacial score (nSPS) is 14.7. The van der Waals surface area contributed by atoms with Crippen molar-refractivity contribution in [1.82, 2.24) is 4.98 Å². The van der Waals surface area contributed by atoms with Crippen molar-refractivity contribution in [2.24, 2.45) is 5.14 Å². The van der Waals surface area contributed by atoms with Gasteiger partial charge in [0.2, 0.25) is 10.0 Å².